The first-order chi connectivity index (χ1) is 9.13. The van der Waals surface area contributed by atoms with Crippen molar-refractivity contribution in [2.75, 3.05) is 5.73 Å². The molecule has 0 unspecified atom stereocenters. The van der Waals surface area contributed by atoms with Crippen LogP contribution in [0.1, 0.15) is 5.56 Å². The summed E-state index contributed by atoms with van der Waals surface area (Å²) in [5.74, 6) is -0.229. The van der Waals surface area contributed by atoms with Crippen molar-refractivity contribution in [2.45, 2.75) is 6.54 Å². The van der Waals surface area contributed by atoms with Crippen molar-refractivity contribution in [1.29, 1.82) is 0 Å². The van der Waals surface area contributed by atoms with E-state index >= 15 is 0 Å². The molecule has 0 spiro atoms. The van der Waals surface area contributed by atoms with Gasteiger partial charge in [0.25, 0.3) is 0 Å². The normalized spacial score (nSPS) is 11.1. The van der Waals surface area contributed by atoms with Crippen molar-refractivity contribution in [2.24, 2.45) is 0 Å². The molecule has 2 aromatic carbocycles. The van der Waals surface area contributed by atoms with Crippen molar-refractivity contribution < 1.29 is 4.39 Å². The van der Waals surface area contributed by atoms with Crippen molar-refractivity contribution >= 4 is 28.2 Å². The lowest BCUT2D eigenvalue weighted by molar-refractivity contribution is 0.629. The second-order valence-corrected chi connectivity index (χ2v) is 4.93. The molecule has 19 heavy (non-hydrogen) atoms. The number of hydrogen-bond donors (Lipinski definition) is 1. The highest BCUT2D eigenvalue weighted by atomic mass is 35.5. The van der Waals surface area contributed by atoms with Gasteiger partial charge >= 0.3 is 0 Å². The van der Waals surface area contributed by atoms with Gasteiger partial charge in [-0.3, -0.25) is 0 Å². The van der Waals surface area contributed by atoms with Crippen LogP contribution in [0.2, 0.25) is 5.02 Å². The zero-order valence-corrected chi connectivity index (χ0v) is 10.9. The van der Waals surface area contributed by atoms with Crippen molar-refractivity contribution in [3.63, 3.8) is 0 Å². The molecule has 0 aliphatic rings. The zero-order chi connectivity index (χ0) is 13.4. The van der Waals surface area contributed by atoms with Gasteiger partial charge in [0.2, 0.25) is 0 Å². The Labute approximate surface area is 115 Å². The van der Waals surface area contributed by atoms with E-state index < -0.39 is 0 Å². The molecule has 4 heteroatoms. The Morgan fingerprint density at radius 1 is 1.11 bits per heavy atom. The van der Waals surface area contributed by atoms with E-state index in [9.17, 15) is 4.39 Å². The van der Waals surface area contributed by atoms with Crippen LogP contribution in [0.4, 0.5) is 10.1 Å². The molecule has 0 radical (unpaired) electrons. The van der Waals surface area contributed by atoms with Gasteiger partial charge in [-0.1, -0.05) is 11.6 Å². The first-order valence-electron chi connectivity index (χ1n) is 5.92. The largest absolute Gasteiger partial charge is 0.398 e. The maximum Gasteiger partial charge on any atom is 0.123 e. The lowest BCUT2D eigenvalue weighted by atomic mass is 10.2. The molecule has 96 valence electrons. The number of anilines is 1. The van der Waals surface area contributed by atoms with Crippen LogP contribution in [-0.4, -0.2) is 4.57 Å². The van der Waals surface area contributed by atoms with E-state index in [0.717, 1.165) is 16.5 Å². The van der Waals surface area contributed by atoms with E-state index in [-0.39, 0.29) is 5.82 Å². The summed E-state index contributed by atoms with van der Waals surface area (Å²) in [5, 5.41) is 1.53. The van der Waals surface area contributed by atoms with Gasteiger partial charge < -0.3 is 10.3 Å². The minimum absolute atomic E-state index is 0.229. The van der Waals surface area contributed by atoms with Crippen LogP contribution in [0.5, 0.6) is 0 Å². The summed E-state index contributed by atoms with van der Waals surface area (Å²) < 4.78 is 15.2. The lowest BCUT2D eigenvalue weighted by Crippen LogP contribution is -2.01. The molecular formula is C15H12ClFN2. The SMILES string of the molecule is Nc1ccc(Cl)cc1Cn1ccc2cc(F)ccc21. The Morgan fingerprint density at radius 3 is 2.79 bits per heavy atom. The number of fused-ring (bicyclic) bond motifs is 1. The Balaban J connectivity index is 2.03. The lowest BCUT2D eigenvalue weighted by Gasteiger charge is -2.09. The minimum Gasteiger partial charge on any atom is -0.398 e. The second-order valence-electron chi connectivity index (χ2n) is 4.49. The van der Waals surface area contributed by atoms with Crippen LogP contribution in [0.3, 0.4) is 0 Å². The topological polar surface area (TPSA) is 30.9 Å². The summed E-state index contributed by atoms with van der Waals surface area (Å²) in [6.07, 6.45) is 1.92. The standard InChI is InChI=1S/C15H12ClFN2/c16-12-1-3-14(18)11(7-12)9-19-6-5-10-8-13(17)2-4-15(10)19/h1-8H,9,18H2. The second kappa shape index (κ2) is 4.59. The van der Waals surface area contributed by atoms with Gasteiger partial charge in [0.15, 0.2) is 0 Å². The van der Waals surface area contributed by atoms with E-state index in [0.29, 0.717) is 17.3 Å². The third-order valence-electron chi connectivity index (χ3n) is 3.18. The molecule has 0 amide bonds. The number of nitrogen functional groups attached to an aromatic ring is 1. The molecular weight excluding hydrogens is 263 g/mol. The Bertz CT molecular complexity index is 749. The van der Waals surface area contributed by atoms with Crippen molar-refractivity contribution in [3.05, 3.63) is 65.1 Å². The molecule has 1 aromatic heterocycles. The summed E-state index contributed by atoms with van der Waals surface area (Å²) in [6.45, 7) is 0.613. The number of halogens is 2. The quantitative estimate of drug-likeness (QED) is 0.702. The van der Waals surface area contributed by atoms with Crippen LogP contribution in [0.25, 0.3) is 10.9 Å². The minimum atomic E-state index is -0.229. The molecule has 0 bridgehead atoms. The number of nitrogens with zero attached hydrogens (tertiary/aromatic N) is 1. The molecule has 0 saturated carbocycles. The van der Waals surface area contributed by atoms with Gasteiger partial charge in [-0.15, -0.1) is 0 Å². The molecule has 1 heterocycles. The van der Waals surface area contributed by atoms with Gasteiger partial charge in [0.05, 0.1) is 0 Å². The highest BCUT2D eigenvalue weighted by Gasteiger charge is 2.05. The van der Waals surface area contributed by atoms with E-state index in [2.05, 4.69) is 0 Å². The number of benzene rings is 2. The third kappa shape index (κ3) is 2.29. The average molecular weight is 275 g/mol. The van der Waals surface area contributed by atoms with E-state index in [4.69, 9.17) is 17.3 Å². The Kier molecular flexibility index (Phi) is 2.91. The van der Waals surface area contributed by atoms with Gasteiger partial charge in [-0.2, -0.15) is 0 Å². The highest BCUT2D eigenvalue weighted by molar-refractivity contribution is 6.30. The summed E-state index contributed by atoms with van der Waals surface area (Å²) in [5.41, 5.74) is 8.57. The molecule has 0 saturated heterocycles. The summed E-state index contributed by atoms with van der Waals surface area (Å²) in [6, 6.07) is 12.1. The monoisotopic (exact) mass is 274 g/mol. The molecule has 3 aromatic rings. The Morgan fingerprint density at radius 2 is 1.95 bits per heavy atom. The Hall–Kier alpha value is -2.00. The molecule has 3 rings (SSSR count). The van der Waals surface area contributed by atoms with E-state index in [1.165, 1.54) is 12.1 Å². The predicted octanol–water partition coefficient (Wildman–Crippen LogP) is 4.06. The molecule has 2 N–H and O–H groups in total. The summed E-state index contributed by atoms with van der Waals surface area (Å²) >= 11 is 5.98. The molecule has 0 atom stereocenters. The molecule has 0 fully saturated rings. The molecule has 0 aliphatic heterocycles. The van der Waals surface area contributed by atoms with Gasteiger partial charge in [-0.25, -0.2) is 4.39 Å². The first kappa shape index (κ1) is 12.1. The number of nitrogens with two attached hydrogens (primary N) is 1. The maximum atomic E-state index is 13.1. The zero-order valence-electron chi connectivity index (χ0n) is 10.1. The van der Waals surface area contributed by atoms with Crippen LogP contribution in [0, 0.1) is 5.82 Å². The number of aromatic nitrogens is 1. The highest BCUT2D eigenvalue weighted by Crippen LogP contribution is 2.22. The van der Waals surface area contributed by atoms with Crippen LogP contribution in [-0.2, 0) is 6.54 Å². The number of rotatable bonds is 2. The summed E-state index contributed by atoms with van der Waals surface area (Å²) in [4.78, 5) is 0. The van der Waals surface area contributed by atoms with E-state index in [1.807, 2.05) is 22.9 Å². The average Bonchev–Trinajstić information content (AvgIpc) is 2.76. The third-order valence-corrected chi connectivity index (χ3v) is 3.41. The molecule has 2 nitrogen and oxygen atoms in total. The maximum absolute atomic E-state index is 13.1. The van der Waals surface area contributed by atoms with Crippen LogP contribution in [0.15, 0.2) is 48.7 Å². The van der Waals surface area contributed by atoms with Crippen LogP contribution < -0.4 is 5.73 Å². The predicted molar refractivity (Wildman–Crippen MR) is 76.9 cm³/mol. The van der Waals surface area contributed by atoms with Crippen molar-refractivity contribution in [1.82, 2.24) is 4.57 Å². The van der Waals surface area contributed by atoms with Gasteiger partial charge in [0, 0.05) is 34.4 Å². The van der Waals surface area contributed by atoms with Crippen LogP contribution >= 0.6 is 11.6 Å². The fourth-order valence-corrected chi connectivity index (χ4v) is 2.40. The summed E-state index contributed by atoms with van der Waals surface area (Å²) in [7, 11) is 0. The van der Waals surface area contributed by atoms with E-state index in [1.54, 1.807) is 18.2 Å². The number of hydrogen-bond acceptors (Lipinski definition) is 1. The fourth-order valence-electron chi connectivity index (χ4n) is 2.20. The van der Waals surface area contributed by atoms with Gasteiger partial charge in [-0.05, 0) is 48.0 Å². The molecule has 0 aliphatic carbocycles. The fraction of sp³-hybridized carbons (Fsp3) is 0.0667. The van der Waals surface area contributed by atoms with Crippen molar-refractivity contribution in [3.8, 4) is 0 Å². The smallest absolute Gasteiger partial charge is 0.123 e. The first-order valence-corrected chi connectivity index (χ1v) is 6.29. The van der Waals surface area contributed by atoms with Gasteiger partial charge in [0.1, 0.15) is 5.82 Å².